The summed E-state index contributed by atoms with van der Waals surface area (Å²) in [6.45, 7) is 2.58. The van der Waals surface area contributed by atoms with E-state index < -0.39 is 15.9 Å². The summed E-state index contributed by atoms with van der Waals surface area (Å²) in [6, 6.07) is 1.98. The second kappa shape index (κ2) is 16.2. The van der Waals surface area contributed by atoms with E-state index in [2.05, 4.69) is 11.6 Å². The van der Waals surface area contributed by atoms with Gasteiger partial charge in [0.15, 0.2) is 9.84 Å². The Hall–Kier alpha value is -0.400. The summed E-state index contributed by atoms with van der Waals surface area (Å²) < 4.78 is 27.5. The lowest BCUT2D eigenvalue weighted by Crippen LogP contribution is -2.42. The Bertz CT molecular complexity index is 743. The van der Waals surface area contributed by atoms with Gasteiger partial charge in [-0.3, -0.25) is 4.79 Å². The van der Waals surface area contributed by atoms with Crippen LogP contribution < -0.4 is 5.32 Å². The minimum absolute atomic E-state index is 0.172. The van der Waals surface area contributed by atoms with Crippen molar-refractivity contribution in [2.75, 3.05) is 55.3 Å². The largest absolute Gasteiger partial charge is 0.448 e. The van der Waals surface area contributed by atoms with E-state index in [1.54, 1.807) is 39.8 Å². The SMILES string of the molecule is CCN(C(=O)OCCS(C)(=O)=O)C(=O)C(CSSCNCCCSC)Cc1ccsc1. The number of amides is 2. The van der Waals surface area contributed by atoms with Crippen LogP contribution in [0, 0.1) is 5.92 Å². The van der Waals surface area contributed by atoms with E-state index >= 15 is 0 Å². The Balaban J connectivity index is 2.61. The standard InChI is InChI=1S/C19H32N2O5S5/c1-4-21(19(23)26-8-11-31(3,24)25)18(22)17(12-16-6-10-28-13-16)14-29-30-15-20-7-5-9-27-2/h6,10,13,17,20H,4-5,7-9,11-12,14-15H2,1-3H3. The summed E-state index contributed by atoms with van der Waals surface area (Å²) in [5.41, 5.74) is 1.06. The van der Waals surface area contributed by atoms with E-state index in [-0.39, 0.29) is 30.7 Å². The molecule has 1 heterocycles. The summed E-state index contributed by atoms with van der Waals surface area (Å²) in [5, 5.41) is 7.34. The van der Waals surface area contributed by atoms with Gasteiger partial charge in [0.1, 0.15) is 6.61 Å². The number of thiophene rings is 1. The molecule has 0 spiro atoms. The van der Waals surface area contributed by atoms with Crippen LogP contribution in [0.2, 0.25) is 0 Å². The third kappa shape index (κ3) is 13.0. The van der Waals surface area contributed by atoms with Gasteiger partial charge in [-0.1, -0.05) is 21.6 Å². The van der Waals surface area contributed by atoms with Crippen molar-refractivity contribution in [2.24, 2.45) is 5.92 Å². The van der Waals surface area contributed by atoms with Crippen molar-refractivity contribution in [3.05, 3.63) is 22.4 Å². The van der Waals surface area contributed by atoms with Crippen molar-refractivity contribution in [1.29, 1.82) is 0 Å². The first-order valence-electron chi connectivity index (χ1n) is 9.89. The average molecular weight is 529 g/mol. The molecule has 178 valence electrons. The third-order valence-electron chi connectivity index (χ3n) is 4.11. The first-order valence-corrected chi connectivity index (χ1v) is 16.8. The number of carbonyl (C=O) groups is 2. The van der Waals surface area contributed by atoms with Crippen LogP contribution in [0.4, 0.5) is 4.79 Å². The topological polar surface area (TPSA) is 92.8 Å². The van der Waals surface area contributed by atoms with Crippen LogP contribution >= 0.6 is 44.7 Å². The molecule has 1 aromatic heterocycles. The summed E-state index contributed by atoms with van der Waals surface area (Å²) in [7, 11) is 0.0304. The summed E-state index contributed by atoms with van der Waals surface area (Å²) >= 11 is 3.40. The molecule has 1 aromatic rings. The lowest BCUT2D eigenvalue weighted by molar-refractivity contribution is -0.132. The van der Waals surface area contributed by atoms with Gasteiger partial charge in [0.25, 0.3) is 0 Å². The van der Waals surface area contributed by atoms with Crippen molar-refractivity contribution in [3.8, 4) is 0 Å². The fourth-order valence-electron chi connectivity index (χ4n) is 2.49. The monoisotopic (exact) mass is 528 g/mol. The van der Waals surface area contributed by atoms with Crippen LogP contribution in [0.5, 0.6) is 0 Å². The average Bonchev–Trinajstić information content (AvgIpc) is 3.21. The fourth-order valence-corrected chi connectivity index (χ4v) is 6.11. The molecule has 0 aromatic carbocycles. The number of carbonyl (C=O) groups excluding carboxylic acids is 2. The maximum atomic E-state index is 13.1. The molecule has 0 aliphatic heterocycles. The molecule has 0 radical (unpaired) electrons. The van der Waals surface area contributed by atoms with E-state index in [4.69, 9.17) is 4.74 Å². The molecule has 0 fully saturated rings. The van der Waals surface area contributed by atoms with Gasteiger partial charge in [-0.25, -0.2) is 18.1 Å². The Morgan fingerprint density at radius 3 is 2.71 bits per heavy atom. The molecule has 12 heteroatoms. The number of ether oxygens (including phenoxy) is 1. The molecule has 0 saturated carbocycles. The number of hydrogen-bond donors (Lipinski definition) is 1. The van der Waals surface area contributed by atoms with Crippen LogP contribution in [0.1, 0.15) is 18.9 Å². The molecule has 0 bridgehead atoms. The quantitative estimate of drug-likeness (QED) is 0.196. The van der Waals surface area contributed by atoms with Crippen molar-refractivity contribution in [2.45, 2.75) is 19.8 Å². The zero-order valence-electron chi connectivity index (χ0n) is 18.2. The summed E-state index contributed by atoms with van der Waals surface area (Å²) in [4.78, 5) is 26.6. The molecule has 7 nitrogen and oxygen atoms in total. The van der Waals surface area contributed by atoms with E-state index in [1.165, 1.54) is 0 Å². The molecule has 0 saturated heterocycles. The highest BCUT2D eigenvalue weighted by Crippen LogP contribution is 2.26. The van der Waals surface area contributed by atoms with Gasteiger partial charge >= 0.3 is 6.09 Å². The van der Waals surface area contributed by atoms with Gasteiger partial charge in [-0.05, 0) is 60.7 Å². The lowest BCUT2D eigenvalue weighted by Gasteiger charge is -2.24. The predicted octanol–water partition coefficient (Wildman–Crippen LogP) is 3.62. The molecule has 1 N–H and O–H groups in total. The summed E-state index contributed by atoms with van der Waals surface area (Å²) in [5.74, 6) is 1.57. The van der Waals surface area contributed by atoms with Crippen molar-refractivity contribution in [3.63, 3.8) is 0 Å². The highest BCUT2D eigenvalue weighted by molar-refractivity contribution is 8.76. The Labute approximate surface area is 202 Å². The van der Waals surface area contributed by atoms with Crippen LogP contribution in [-0.4, -0.2) is 80.7 Å². The lowest BCUT2D eigenvalue weighted by atomic mass is 10.0. The second-order valence-corrected chi connectivity index (χ2v) is 13.3. The number of sulfone groups is 1. The number of nitrogens with zero attached hydrogens (tertiary/aromatic N) is 1. The first kappa shape index (κ1) is 28.6. The zero-order chi connectivity index (χ0) is 23.1. The molecular formula is C19H32N2O5S5. The molecule has 1 rings (SSSR count). The predicted molar refractivity (Wildman–Crippen MR) is 136 cm³/mol. The Morgan fingerprint density at radius 1 is 1.32 bits per heavy atom. The van der Waals surface area contributed by atoms with E-state index in [1.807, 2.05) is 28.6 Å². The maximum absolute atomic E-state index is 13.1. The molecule has 31 heavy (non-hydrogen) atoms. The first-order chi connectivity index (χ1) is 14.8. The number of thioether (sulfide) groups is 1. The maximum Gasteiger partial charge on any atom is 0.416 e. The highest BCUT2D eigenvalue weighted by atomic mass is 33.1. The smallest absolute Gasteiger partial charge is 0.416 e. The molecule has 0 aliphatic rings. The van der Waals surface area contributed by atoms with Gasteiger partial charge in [-0.15, -0.1) is 0 Å². The van der Waals surface area contributed by atoms with E-state index in [0.717, 1.165) is 41.3 Å². The normalized spacial score (nSPS) is 12.5. The van der Waals surface area contributed by atoms with Gasteiger partial charge in [0.05, 0.1) is 17.5 Å². The highest BCUT2D eigenvalue weighted by Gasteiger charge is 2.29. The molecule has 1 atom stereocenters. The van der Waals surface area contributed by atoms with Crippen LogP contribution in [-0.2, 0) is 25.8 Å². The number of nitrogens with one attached hydrogen (secondary N) is 1. The molecule has 0 aliphatic carbocycles. The van der Waals surface area contributed by atoms with Crippen LogP contribution in [0.15, 0.2) is 16.8 Å². The fraction of sp³-hybridized carbons (Fsp3) is 0.684. The van der Waals surface area contributed by atoms with Crippen molar-refractivity contribution < 1.29 is 22.7 Å². The van der Waals surface area contributed by atoms with E-state index in [9.17, 15) is 18.0 Å². The van der Waals surface area contributed by atoms with Crippen LogP contribution in [0.3, 0.4) is 0 Å². The molecular weight excluding hydrogens is 497 g/mol. The number of imide groups is 1. The minimum Gasteiger partial charge on any atom is -0.448 e. The van der Waals surface area contributed by atoms with Gasteiger partial charge in [-0.2, -0.15) is 23.1 Å². The van der Waals surface area contributed by atoms with Gasteiger partial charge in [0.2, 0.25) is 5.91 Å². The Morgan fingerprint density at radius 2 is 2.10 bits per heavy atom. The molecule has 1 unspecified atom stereocenters. The minimum atomic E-state index is -3.24. The van der Waals surface area contributed by atoms with E-state index in [0.29, 0.717) is 12.2 Å². The van der Waals surface area contributed by atoms with Crippen molar-refractivity contribution >= 4 is 66.5 Å². The number of hydrogen-bond acceptors (Lipinski definition) is 10. The zero-order valence-corrected chi connectivity index (χ0v) is 22.3. The second-order valence-electron chi connectivity index (χ2n) is 6.75. The summed E-state index contributed by atoms with van der Waals surface area (Å²) in [6.07, 6.45) is 4.05. The number of rotatable bonds is 16. The van der Waals surface area contributed by atoms with Crippen LogP contribution in [0.25, 0.3) is 0 Å². The third-order valence-corrected chi connectivity index (χ3v) is 8.74. The van der Waals surface area contributed by atoms with Gasteiger partial charge < -0.3 is 10.1 Å². The van der Waals surface area contributed by atoms with Gasteiger partial charge in [0, 0.05) is 18.6 Å². The Kier molecular flexibility index (Phi) is 15.0. The molecule has 2 amide bonds. The van der Waals surface area contributed by atoms with Crippen molar-refractivity contribution in [1.82, 2.24) is 10.2 Å².